The Hall–Kier alpha value is -1.49. The van der Waals surface area contributed by atoms with Crippen molar-refractivity contribution in [2.45, 2.75) is 18.5 Å². The summed E-state index contributed by atoms with van der Waals surface area (Å²) in [5.41, 5.74) is 2.09. The van der Waals surface area contributed by atoms with Crippen molar-refractivity contribution >= 4 is 10.8 Å². The van der Waals surface area contributed by atoms with Crippen LogP contribution in [0.4, 0.5) is 0 Å². The maximum Gasteiger partial charge on any atom is 0.0888 e. The second kappa shape index (κ2) is 8.72. The lowest BCUT2D eigenvalue weighted by atomic mass is 10.2. The molecular formula is C17H20O3S. The molecule has 4 heteroatoms. The Kier molecular flexibility index (Phi) is 6.60. The average molecular weight is 304 g/mol. The number of aliphatic hydroxyl groups is 1. The molecule has 0 bridgehead atoms. The summed E-state index contributed by atoms with van der Waals surface area (Å²) in [6.07, 6.45) is -0.696. The highest BCUT2D eigenvalue weighted by Crippen LogP contribution is 2.05. The Labute approximate surface area is 128 Å². The van der Waals surface area contributed by atoms with Gasteiger partial charge in [0.25, 0.3) is 0 Å². The monoisotopic (exact) mass is 304 g/mol. The molecule has 2 rings (SSSR count). The highest BCUT2D eigenvalue weighted by atomic mass is 32.2. The first-order valence-electron chi connectivity index (χ1n) is 6.92. The number of rotatable bonds is 8. The van der Waals surface area contributed by atoms with E-state index in [-0.39, 0.29) is 12.4 Å². The molecule has 0 spiro atoms. The zero-order chi connectivity index (χ0) is 14.9. The van der Waals surface area contributed by atoms with E-state index in [9.17, 15) is 9.32 Å². The lowest BCUT2D eigenvalue weighted by Crippen LogP contribution is -2.23. The minimum absolute atomic E-state index is 0.204. The van der Waals surface area contributed by atoms with Gasteiger partial charge in [-0.25, -0.2) is 0 Å². The van der Waals surface area contributed by atoms with E-state index >= 15 is 0 Å². The molecule has 0 radical (unpaired) electrons. The number of hydrogen-bond acceptors (Lipinski definition) is 3. The van der Waals surface area contributed by atoms with Crippen molar-refractivity contribution in [3.8, 4) is 0 Å². The van der Waals surface area contributed by atoms with E-state index in [1.807, 2.05) is 60.7 Å². The summed E-state index contributed by atoms with van der Waals surface area (Å²) in [6.45, 7) is 0.665. The van der Waals surface area contributed by atoms with Crippen molar-refractivity contribution in [2.75, 3.05) is 12.4 Å². The summed E-state index contributed by atoms with van der Waals surface area (Å²) >= 11 is 0. The molecule has 2 aromatic rings. The first-order chi connectivity index (χ1) is 10.2. The van der Waals surface area contributed by atoms with E-state index in [1.54, 1.807) is 0 Å². The molecule has 1 N–H and O–H groups in total. The minimum Gasteiger partial charge on any atom is -0.390 e. The van der Waals surface area contributed by atoms with Gasteiger partial charge in [-0.3, -0.25) is 4.21 Å². The van der Waals surface area contributed by atoms with Crippen LogP contribution in [0.25, 0.3) is 0 Å². The number of hydrogen-bond donors (Lipinski definition) is 1. The normalized spacial score (nSPS) is 13.8. The highest BCUT2D eigenvalue weighted by molar-refractivity contribution is 7.84. The Balaban J connectivity index is 1.67. The highest BCUT2D eigenvalue weighted by Gasteiger charge is 2.10. The summed E-state index contributed by atoms with van der Waals surface area (Å²) in [4.78, 5) is 0. The molecule has 0 fully saturated rings. The lowest BCUT2D eigenvalue weighted by molar-refractivity contribution is 0.0394. The van der Waals surface area contributed by atoms with Crippen LogP contribution >= 0.6 is 0 Å². The molecule has 112 valence electrons. The summed E-state index contributed by atoms with van der Waals surface area (Å²) in [7, 11) is -1.08. The van der Waals surface area contributed by atoms with Crippen molar-refractivity contribution in [3.05, 3.63) is 71.8 Å². The van der Waals surface area contributed by atoms with Crippen LogP contribution < -0.4 is 0 Å². The molecule has 0 saturated heterocycles. The van der Waals surface area contributed by atoms with Gasteiger partial charge >= 0.3 is 0 Å². The predicted octanol–water partition coefficient (Wildman–Crippen LogP) is 2.51. The fourth-order valence-electron chi connectivity index (χ4n) is 1.97. The molecule has 3 nitrogen and oxygen atoms in total. The van der Waals surface area contributed by atoms with Crippen LogP contribution in [0.2, 0.25) is 0 Å². The molecule has 2 aromatic carbocycles. The molecule has 0 unspecified atom stereocenters. The topological polar surface area (TPSA) is 46.5 Å². The average Bonchev–Trinajstić information content (AvgIpc) is 2.49. The first kappa shape index (κ1) is 15.9. The van der Waals surface area contributed by atoms with Crippen LogP contribution in [0.5, 0.6) is 0 Å². The first-order valence-corrected chi connectivity index (χ1v) is 8.41. The molecule has 0 aliphatic rings. The van der Waals surface area contributed by atoms with E-state index in [4.69, 9.17) is 4.74 Å². The quantitative estimate of drug-likeness (QED) is 0.815. The third kappa shape index (κ3) is 6.21. The van der Waals surface area contributed by atoms with Crippen molar-refractivity contribution in [1.82, 2.24) is 0 Å². The summed E-state index contributed by atoms with van der Waals surface area (Å²) in [5.74, 6) is 0.709. The van der Waals surface area contributed by atoms with Crippen LogP contribution in [-0.4, -0.2) is 27.8 Å². The van der Waals surface area contributed by atoms with Crippen LogP contribution in [0.3, 0.4) is 0 Å². The second-order valence-corrected chi connectivity index (χ2v) is 6.39. The van der Waals surface area contributed by atoms with Gasteiger partial charge in [-0.05, 0) is 11.1 Å². The Bertz CT molecular complexity index is 542. The van der Waals surface area contributed by atoms with Gasteiger partial charge in [0.05, 0.1) is 25.1 Å². The molecule has 0 amide bonds. The van der Waals surface area contributed by atoms with Gasteiger partial charge < -0.3 is 9.84 Å². The zero-order valence-corrected chi connectivity index (χ0v) is 12.7. The van der Waals surface area contributed by atoms with Crippen LogP contribution in [0.1, 0.15) is 11.1 Å². The predicted molar refractivity (Wildman–Crippen MR) is 85.3 cm³/mol. The molecule has 0 heterocycles. The van der Waals surface area contributed by atoms with Gasteiger partial charge in [0.1, 0.15) is 0 Å². The fourth-order valence-corrected chi connectivity index (χ4v) is 3.18. The Morgan fingerprint density at radius 2 is 1.52 bits per heavy atom. The summed E-state index contributed by atoms with van der Waals surface area (Å²) in [5, 5.41) is 9.86. The van der Waals surface area contributed by atoms with E-state index in [0.29, 0.717) is 12.4 Å². The van der Waals surface area contributed by atoms with Gasteiger partial charge in [-0.1, -0.05) is 60.7 Å². The maximum absolute atomic E-state index is 12.0. The molecule has 2 atom stereocenters. The lowest BCUT2D eigenvalue weighted by Gasteiger charge is -2.11. The molecule has 0 aliphatic heterocycles. The van der Waals surface area contributed by atoms with Crippen LogP contribution in [0.15, 0.2) is 60.7 Å². The van der Waals surface area contributed by atoms with E-state index in [2.05, 4.69) is 0 Å². The second-order valence-electron chi connectivity index (χ2n) is 4.89. The smallest absolute Gasteiger partial charge is 0.0888 e. The van der Waals surface area contributed by atoms with Gasteiger partial charge in [0, 0.05) is 16.6 Å². The molecule has 0 aromatic heterocycles. The Morgan fingerprint density at radius 3 is 2.14 bits per heavy atom. The fraction of sp³-hybridized carbons (Fsp3) is 0.294. The Morgan fingerprint density at radius 1 is 0.952 bits per heavy atom. The standard InChI is InChI=1S/C17H20O3S/c18-17(12-20-11-15-7-3-1-4-8-15)14-21(19)13-16-9-5-2-6-10-16/h1-10,17-18H,11-14H2/t17-,21+/m1/s1. The molecular weight excluding hydrogens is 284 g/mol. The van der Waals surface area contributed by atoms with Crippen molar-refractivity contribution in [2.24, 2.45) is 0 Å². The number of aliphatic hydroxyl groups excluding tert-OH is 1. The number of benzene rings is 2. The van der Waals surface area contributed by atoms with Crippen molar-refractivity contribution < 1.29 is 14.1 Å². The summed E-state index contributed by atoms with van der Waals surface area (Å²) < 4.78 is 17.4. The van der Waals surface area contributed by atoms with Gasteiger partial charge in [0.15, 0.2) is 0 Å². The van der Waals surface area contributed by atoms with E-state index in [1.165, 1.54) is 0 Å². The van der Waals surface area contributed by atoms with Crippen molar-refractivity contribution in [1.29, 1.82) is 0 Å². The maximum atomic E-state index is 12.0. The third-order valence-corrected chi connectivity index (χ3v) is 4.38. The minimum atomic E-state index is -1.08. The number of ether oxygens (including phenoxy) is 1. The van der Waals surface area contributed by atoms with E-state index < -0.39 is 16.9 Å². The SMILES string of the molecule is O=[S@@](Cc1ccccc1)C[C@H](O)COCc1ccccc1. The molecule has 0 aliphatic carbocycles. The largest absolute Gasteiger partial charge is 0.390 e. The zero-order valence-electron chi connectivity index (χ0n) is 11.9. The summed E-state index contributed by atoms with van der Waals surface area (Å²) in [6, 6.07) is 19.4. The van der Waals surface area contributed by atoms with Crippen molar-refractivity contribution in [3.63, 3.8) is 0 Å². The van der Waals surface area contributed by atoms with Gasteiger partial charge in [-0.15, -0.1) is 0 Å². The third-order valence-electron chi connectivity index (χ3n) is 2.97. The van der Waals surface area contributed by atoms with Gasteiger partial charge in [-0.2, -0.15) is 0 Å². The van der Waals surface area contributed by atoms with Crippen LogP contribution in [-0.2, 0) is 27.9 Å². The van der Waals surface area contributed by atoms with Gasteiger partial charge in [0.2, 0.25) is 0 Å². The van der Waals surface area contributed by atoms with E-state index in [0.717, 1.165) is 11.1 Å². The molecule has 21 heavy (non-hydrogen) atoms. The molecule has 0 saturated carbocycles. The van der Waals surface area contributed by atoms with Crippen LogP contribution in [0, 0.1) is 0 Å².